The summed E-state index contributed by atoms with van der Waals surface area (Å²) in [6.45, 7) is 0.102. The van der Waals surface area contributed by atoms with Crippen molar-refractivity contribution in [1.82, 2.24) is 14.9 Å². The van der Waals surface area contributed by atoms with E-state index in [4.69, 9.17) is 11.6 Å². The van der Waals surface area contributed by atoms with Crippen LogP contribution < -0.4 is 0 Å². The summed E-state index contributed by atoms with van der Waals surface area (Å²) in [4.78, 5) is 33.4. The Balaban J connectivity index is 1.95. The van der Waals surface area contributed by atoms with E-state index in [1.807, 2.05) is 11.4 Å². The lowest BCUT2D eigenvalue weighted by atomic mass is 10.4. The van der Waals surface area contributed by atoms with Crippen molar-refractivity contribution in [3.8, 4) is 0 Å². The summed E-state index contributed by atoms with van der Waals surface area (Å²) in [5.41, 5.74) is 0. The van der Waals surface area contributed by atoms with Crippen molar-refractivity contribution in [3.63, 3.8) is 0 Å². The molecule has 1 aliphatic rings. The number of hydrogen-bond donors (Lipinski definition) is 0. The van der Waals surface area contributed by atoms with Crippen molar-refractivity contribution in [1.29, 1.82) is 0 Å². The van der Waals surface area contributed by atoms with Gasteiger partial charge >= 0.3 is 0 Å². The van der Waals surface area contributed by atoms with Gasteiger partial charge in [0.2, 0.25) is 11.8 Å². The molecule has 0 bridgehead atoms. The largest absolute Gasteiger partial charge is 0.275 e. The first-order valence-electron chi connectivity index (χ1n) is 5.38. The summed E-state index contributed by atoms with van der Waals surface area (Å²) in [7, 11) is 0. The van der Waals surface area contributed by atoms with Gasteiger partial charge in [0.05, 0.1) is 6.54 Å². The Hall–Kier alpha value is -1.53. The number of hydrogen-bond acceptors (Lipinski definition) is 5. The van der Waals surface area contributed by atoms with E-state index in [2.05, 4.69) is 9.97 Å². The van der Waals surface area contributed by atoms with Crippen LogP contribution in [0.1, 0.15) is 18.7 Å². The van der Waals surface area contributed by atoms with E-state index in [1.165, 1.54) is 16.2 Å². The second-order valence-corrected chi connectivity index (χ2v) is 5.20. The van der Waals surface area contributed by atoms with Crippen LogP contribution in [-0.2, 0) is 16.1 Å². The molecule has 0 saturated carbocycles. The van der Waals surface area contributed by atoms with Crippen LogP contribution in [0, 0.1) is 0 Å². The molecule has 0 unspecified atom stereocenters. The molecule has 3 rings (SSSR count). The number of nitrogens with zero attached hydrogens (tertiary/aromatic N) is 3. The molecule has 1 saturated heterocycles. The monoisotopic (exact) mass is 281 g/mol. The van der Waals surface area contributed by atoms with Gasteiger partial charge in [0.1, 0.15) is 9.98 Å². The lowest BCUT2D eigenvalue weighted by Crippen LogP contribution is -2.29. The number of carbonyl (C=O) groups excluding carboxylic acids is 2. The third-order valence-electron chi connectivity index (χ3n) is 2.78. The molecule has 0 radical (unpaired) electrons. The molecule has 0 aliphatic carbocycles. The number of carbonyl (C=O) groups is 2. The molecule has 1 aliphatic heterocycles. The van der Waals surface area contributed by atoms with Crippen LogP contribution in [0.25, 0.3) is 10.2 Å². The zero-order chi connectivity index (χ0) is 12.7. The minimum atomic E-state index is -0.175. The van der Waals surface area contributed by atoms with E-state index in [1.54, 1.807) is 0 Å². The first-order chi connectivity index (χ1) is 8.65. The van der Waals surface area contributed by atoms with Crippen LogP contribution in [0.15, 0.2) is 11.4 Å². The Labute approximate surface area is 111 Å². The van der Waals surface area contributed by atoms with E-state index in [0.717, 1.165) is 10.2 Å². The first-order valence-corrected chi connectivity index (χ1v) is 6.64. The number of rotatable bonds is 2. The quantitative estimate of drug-likeness (QED) is 0.624. The van der Waals surface area contributed by atoms with Crippen molar-refractivity contribution >= 4 is 45.0 Å². The molecule has 2 aromatic rings. The summed E-state index contributed by atoms with van der Waals surface area (Å²) in [5.74, 6) is 0.0514. The summed E-state index contributed by atoms with van der Waals surface area (Å²) < 4.78 is 0. The molecule has 0 atom stereocenters. The topological polar surface area (TPSA) is 63.2 Å². The van der Waals surface area contributed by atoms with Gasteiger partial charge in [0.25, 0.3) is 0 Å². The van der Waals surface area contributed by atoms with Crippen molar-refractivity contribution in [2.75, 3.05) is 0 Å². The number of aromatic nitrogens is 2. The smallest absolute Gasteiger partial charge is 0.230 e. The fraction of sp³-hybridized carbons (Fsp3) is 0.273. The minimum Gasteiger partial charge on any atom is -0.275 e. The third-order valence-corrected chi connectivity index (χ3v) is 3.87. The molecule has 1 fully saturated rings. The van der Waals surface area contributed by atoms with E-state index < -0.39 is 0 Å². The fourth-order valence-electron chi connectivity index (χ4n) is 1.87. The first kappa shape index (κ1) is 11.6. The lowest BCUT2D eigenvalue weighted by molar-refractivity contribution is -0.139. The molecule has 18 heavy (non-hydrogen) atoms. The predicted octanol–water partition coefficient (Wildman–Crippen LogP) is 1.99. The zero-order valence-electron chi connectivity index (χ0n) is 9.22. The van der Waals surface area contributed by atoms with Crippen molar-refractivity contribution in [3.05, 3.63) is 22.4 Å². The van der Waals surface area contributed by atoms with Gasteiger partial charge in [-0.1, -0.05) is 11.6 Å². The van der Waals surface area contributed by atoms with Crippen LogP contribution >= 0.6 is 22.9 Å². The maximum atomic E-state index is 11.5. The number of amides is 2. The van der Waals surface area contributed by atoms with Crippen molar-refractivity contribution < 1.29 is 9.59 Å². The van der Waals surface area contributed by atoms with Gasteiger partial charge < -0.3 is 0 Å². The second kappa shape index (κ2) is 4.29. The van der Waals surface area contributed by atoms with Gasteiger partial charge in [0, 0.05) is 18.2 Å². The van der Waals surface area contributed by atoms with Crippen LogP contribution in [0.4, 0.5) is 0 Å². The molecule has 7 heteroatoms. The van der Waals surface area contributed by atoms with Crippen LogP contribution in [0.3, 0.4) is 0 Å². The summed E-state index contributed by atoms with van der Waals surface area (Å²) >= 11 is 7.48. The van der Waals surface area contributed by atoms with E-state index >= 15 is 0 Å². The minimum absolute atomic E-state index is 0.102. The highest BCUT2D eigenvalue weighted by molar-refractivity contribution is 7.16. The van der Waals surface area contributed by atoms with Gasteiger partial charge in [-0.15, -0.1) is 11.3 Å². The number of imide groups is 1. The van der Waals surface area contributed by atoms with Gasteiger partial charge in [-0.25, -0.2) is 9.97 Å². The standard InChI is InChI=1S/C11H8ClN3O2S/c12-10-6-3-4-18-11(6)14-7(13-10)5-15-8(16)1-2-9(15)17/h3-4H,1-2,5H2. The molecule has 0 N–H and O–H groups in total. The molecule has 2 aromatic heterocycles. The molecular formula is C11H8ClN3O2S. The Morgan fingerprint density at radius 1 is 1.28 bits per heavy atom. The fourth-order valence-corrected chi connectivity index (χ4v) is 2.96. The number of likely N-dealkylation sites (tertiary alicyclic amines) is 1. The Bertz CT molecular complexity index is 639. The maximum Gasteiger partial charge on any atom is 0.230 e. The summed E-state index contributed by atoms with van der Waals surface area (Å²) in [6.07, 6.45) is 0.543. The lowest BCUT2D eigenvalue weighted by Gasteiger charge is -2.12. The summed E-state index contributed by atoms with van der Waals surface area (Å²) in [5, 5.41) is 3.03. The third kappa shape index (κ3) is 1.87. The van der Waals surface area contributed by atoms with Crippen molar-refractivity contribution in [2.24, 2.45) is 0 Å². The zero-order valence-corrected chi connectivity index (χ0v) is 10.8. The molecule has 92 valence electrons. The average molecular weight is 282 g/mol. The maximum absolute atomic E-state index is 11.5. The Morgan fingerprint density at radius 3 is 2.72 bits per heavy atom. The van der Waals surface area contributed by atoms with Crippen LogP contribution in [0.2, 0.25) is 5.15 Å². The highest BCUT2D eigenvalue weighted by Crippen LogP contribution is 2.25. The molecule has 3 heterocycles. The molecular weight excluding hydrogens is 274 g/mol. The SMILES string of the molecule is O=C1CCC(=O)N1Cc1nc(Cl)c2ccsc2n1. The van der Waals surface area contributed by atoms with Crippen molar-refractivity contribution in [2.45, 2.75) is 19.4 Å². The highest BCUT2D eigenvalue weighted by atomic mass is 35.5. The number of fused-ring (bicyclic) bond motifs is 1. The van der Waals surface area contributed by atoms with E-state index in [-0.39, 0.29) is 31.2 Å². The highest BCUT2D eigenvalue weighted by Gasteiger charge is 2.29. The van der Waals surface area contributed by atoms with Crippen LogP contribution in [0.5, 0.6) is 0 Å². The second-order valence-electron chi connectivity index (χ2n) is 3.94. The number of halogens is 1. The predicted molar refractivity (Wildman–Crippen MR) is 67.2 cm³/mol. The Kier molecular flexibility index (Phi) is 2.76. The van der Waals surface area contributed by atoms with Gasteiger partial charge in [-0.3, -0.25) is 14.5 Å². The normalized spacial score (nSPS) is 15.9. The van der Waals surface area contributed by atoms with Gasteiger partial charge in [-0.05, 0) is 11.4 Å². The van der Waals surface area contributed by atoms with Gasteiger partial charge in [0.15, 0.2) is 5.82 Å². The molecule has 5 nitrogen and oxygen atoms in total. The van der Waals surface area contributed by atoms with E-state index in [9.17, 15) is 9.59 Å². The van der Waals surface area contributed by atoms with Crippen LogP contribution in [-0.4, -0.2) is 26.7 Å². The van der Waals surface area contributed by atoms with E-state index in [0.29, 0.717) is 11.0 Å². The number of thiophene rings is 1. The Morgan fingerprint density at radius 2 is 2.00 bits per heavy atom. The molecule has 0 aromatic carbocycles. The summed E-state index contributed by atoms with van der Waals surface area (Å²) in [6, 6.07) is 1.85. The molecule has 2 amide bonds. The van der Waals surface area contributed by atoms with Gasteiger partial charge in [-0.2, -0.15) is 0 Å². The average Bonchev–Trinajstić information content (AvgIpc) is 2.91. The molecule has 0 spiro atoms.